The van der Waals surface area contributed by atoms with Gasteiger partial charge < -0.3 is 24.6 Å². The van der Waals surface area contributed by atoms with E-state index in [1.54, 1.807) is 18.2 Å². The highest BCUT2D eigenvalue weighted by Crippen LogP contribution is 2.33. The van der Waals surface area contributed by atoms with Crippen molar-refractivity contribution in [1.82, 2.24) is 15.1 Å². The Morgan fingerprint density at radius 2 is 2.08 bits per heavy atom. The maximum atomic E-state index is 12.8. The van der Waals surface area contributed by atoms with E-state index >= 15 is 0 Å². The van der Waals surface area contributed by atoms with E-state index in [9.17, 15) is 9.59 Å². The Morgan fingerprint density at radius 3 is 2.96 bits per heavy atom. The third-order valence-corrected chi connectivity index (χ3v) is 4.87. The van der Waals surface area contributed by atoms with Gasteiger partial charge in [0, 0.05) is 37.8 Å². The number of nitrogens with zero attached hydrogens (tertiary/aromatic N) is 2. The van der Waals surface area contributed by atoms with Gasteiger partial charge in [0.15, 0.2) is 11.5 Å². The Morgan fingerprint density at radius 1 is 1.21 bits per heavy atom. The Labute approximate surface area is 140 Å². The Kier molecular flexibility index (Phi) is 4.02. The molecule has 24 heavy (non-hydrogen) atoms. The fourth-order valence-corrected chi connectivity index (χ4v) is 3.61. The molecule has 1 N–H and O–H groups in total. The van der Waals surface area contributed by atoms with E-state index in [0.717, 1.165) is 32.5 Å². The molecule has 4 rings (SSSR count). The lowest BCUT2D eigenvalue weighted by Gasteiger charge is -2.41. The van der Waals surface area contributed by atoms with Crippen molar-refractivity contribution in [2.75, 3.05) is 39.5 Å². The van der Waals surface area contributed by atoms with Gasteiger partial charge in [-0.3, -0.25) is 9.59 Å². The number of ether oxygens (including phenoxy) is 2. The van der Waals surface area contributed by atoms with Gasteiger partial charge in [0.05, 0.1) is 6.54 Å². The number of likely N-dealkylation sites (tertiary alicyclic amines) is 1. The normalized spacial score (nSPS) is 23.5. The van der Waals surface area contributed by atoms with E-state index in [0.29, 0.717) is 30.2 Å². The number of amides is 2. The van der Waals surface area contributed by atoms with Crippen LogP contribution in [0.3, 0.4) is 0 Å². The molecule has 3 aliphatic rings. The number of benzene rings is 1. The standard InChI is InChI=1S/C17H21N3O4/c21-16-9-18-5-7-20(16)13-2-1-6-19(10-13)17(22)12-3-4-14-15(8-12)24-11-23-14/h3-4,8,13,18H,1-2,5-7,9-11H2. The number of hydrogen-bond acceptors (Lipinski definition) is 5. The van der Waals surface area contributed by atoms with Crippen molar-refractivity contribution < 1.29 is 19.1 Å². The molecule has 7 heteroatoms. The van der Waals surface area contributed by atoms with Crippen LogP contribution >= 0.6 is 0 Å². The summed E-state index contributed by atoms with van der Waals surface area (Å²) in [6.07, 6.45) is 1.87. The lowest BCUT2D eigenvalue weighted by atomic mass is 10.0. The van der Waals surface area contributed by atoms with Crippen LogP contribution in [0.5, 0.6) is 11.5 Å². The number of nitrogens with one attached hydrogen (secondary N) is 1. The maximum absolute atomic E-state index is 12.8. The number of rotatable bonds is 2. The average Bonchev–Trinajstić information content (AvgIpc) is 3.09. The van der Waals surface area contributed by atoms with E-state index in [1.165, 1.54) is 0 Å². The van der Waals surface area contributed by atoms with Crippen LogP contribution in [-0.2, 0) is 4.79 Å². The van der Waals surface area contributed by atoms with E-state index in [1.807, 2.05) is 9.80 Å². The van der Waals surface area contributed by atoms with Gasteiger partial charge >= 0.3 is 0 Å². The zero-order valence-corrected chi connectivity index (χ0v) is 13.5. The van der Waals surface area contributed by atoms with Gasteiger partial charge in [0.25, 0.3) is 5.91 Å². The predicted molar refractivity (Wildman–Crippen MR) is 86.1 cm³/mol. The summed E-state index contributed by atoms with van der Waals surface area (Å²) in [6.45, 7) is 3.45. The van der Waals surface area contributed by atoms with Crippen molar-refractivity contribution in [2.24, 2.45) is 0 Å². The second-order valence-electron chi connectivity index (χ2n) is 6.38. The monoisotopic (exact) mass is 331 g/mol. The van der Waals surface area contributed by atoms with Gasteiger partial charge in [-0.05, 0) is 31.0 Å². The summed E-state index contributed by atoms with van der Waals surface area (Å²) in [5.74, 6) is 1.41. The molecular formula is C17H21N3O4. The van der Waals surface area contributed by atoms with E-state index in [2.05, 4.69) is 5.32 Å². The first-order valence-electron chi connectivity index (χ1n) is 8.41. The van der Waals surface area contributed by atoms with Crippen LogP contribution in [0.15, 0.2) is 18.2 Å². The Balaban J connectivity index is 1.47. The molecule has 3 aliphatic heterocycles. The summed E-state index contributed by atoms with van der Waals surface area (Å²) in [5, 5.41) is 3.09. The summed E-state index contributed by atoms with van der Waals surface area (Å²) in [7, 11) is 0. The zero-order valence-electron chi connectivity index (χ0n) is 13.5. The molecule has 0 bridgehead atoms. The highest BCUT2D eigenvalue weighted by Gasteiger charge is 2.32. The molecule has 0 aliphatic carbocycles. The minimum atomic E-state index is -0.0133. The van der Waals surface area contributed by atoms with Crippen LogP contribution in [0, 0.1) is 0 Å². The summed E-state index contributed by atoms with van der Waals surface area (Å²) in [6, 6.07) is 5.41. The number of hydrogen-bond donors (Lipinski definition) is 1. The maximum Gasteiger partial charge on any atom is 0.254 e. The fraction of sp³-hybridized carbons (Fsp3) is 0.529. The van der Waals surface area contributed by atoms with Crippen molar-refractivity contribution in [2.45, 2.75) is 18.9 Å². The summed E-state index contributed by atoms with van der Waals surface area (Å²) in [4.78, 5) is 28.7. The topological polar surface area (TPSA) is 71.1 Å². The van der Waals surface area contributed by atoms with Crippen molar-refractivity contribution in [1.29, 1.82) is 0 Å². The SMILES string of the molecule is O=C(c1ccc2c(c1)OCO2)N1CCCC(N2CCNCC2=O)C1. The Bertz CT molecular complexity index is 663. The number of piperazine rings is 1. The highest BCUT2D eigenvalue weighted by molar-refractivity contribution is 5.95. The Hall–Kier alpha value is -2.28. The quantitative estimate of drug-likeness (QED) is 0.852. The van der Waals surface area contributed by atoms with Crippen molar-refractivity contribution >= 4 is 11.8 Å². The summed E-state index contributed by atoms with van der Waals surface area (Å²) < 4.78 is 10.6. The molecule has 1 aromatic rings. The van der Waals surface area contributed by atoms with E-state index in [4.69, 9.17) is 9.47 Å². The van der Waals surface area contributed by atoms with E-state index < -0.39 is 0 Å². The molecule has 1 atom stereocenters. The molecule has 3 heterocycles. The lowest BCUT2D eigenvalue weighted by molar-refractivity contribution is -0.135. The summed E-state index contributed by atoms with van der Waals surface area (Å²) in [5.41, 5.74) is 0.603. The van der Waals surface area contributed by atoms with Gasteiger partial charge in [-0.15, -0.1) is 0 Å². The van der Waals surface area contributed by atoms with Gasteiger partial charge in [-0.1, -0.05) is 0 Å². The molecule has 2 saturated heterocycles. The molecular weight excluding hydrogens is 310 g/mol. The smallest absolute Gasteiger partial charge is 0.254 e. The fourth-order valence-electron chi connectivity index (χ4n) is 3.61. The van der Waals surface area contributed by atoms with Crippen LogP contribution in [0.1, 0.15) is 23.2 Å². The molecule has 2 fully saturated rings. The van der Waals surface area contributed by atoms with Crippen LogP contribution in [0.2, 0.25) is 0 Å². The third kappa shape index (κ3) is 2.80. The van der Waals surface area contributed by atoms with Crippen molar-refractivity contribution in [3.05, 3.63) is 23.8 Å². The lowest BCUT2D eigenvalue weighted by Crippen LogP contribution is -2.57. The molecule has 2 amide bonds. The molecule has 7 nitrogen and oxygen atoms in total. The second kappa shape index (κ2) is 6.32. The molecule has 128 valence electrons. The van der Waals surface area contributed by atoms with E-state index in [-0.39, 0.29) is 24.6 Å². The van der Waals surface area contributed by atoms with Crippen LogP contribution in [0.4, 0.5) is 0 Å². The molecule has 0 radical (unpaired) electrons. The average molecular weight is 331 g/mol. The number of carbonyl (C=O) groups excluding carboxylic acids is 2. The molecule has 0 spiro atoms. The first-order valence-corrected chi connectivity index (χ1v) is 8.41. The van der Waals surface area contributed by atoms with Crippen molar-refractivity contribution in [3.63, 3.8) is 0 Å². The summed E-state index contributed by atoms with van der Waals surface area (Å²) >= 11 is 0. The highest BCUT2D eigenvalue weighted by atomic mass is 16.7. The molecule has 0 saturated carbocycles. The largest absolute Gasteiger partial charge is 0.454 e. The molecule has 1 unspecified atom stereocenters. The minimum absolute atomic E-state index is 0.0133. The molecule has 1 aromatic carbocycles. The minimum Gasteiger partial charge on any atom is -0.454 e. The van der Waals surface area contributed by atoms with Gasteiger partial charge in [-0.2, -0.15) is 0 Å². The first-order chi connectivity index (χ1) is 11.7. The van der Waals surface area contributed by atoms with Crippen molar-refractivity contribution in [3.8, 4) is 11.5 Å². The van der Waals surface area contributed by atoms with Gasteiger partial charge in [0.2, 0.25) is 12.7 Å². The van der Waals surface area contributed by atoms with Crippen LogP contribution in [-0.4, -0.2) is 67.2 Å². The van der Waals surface area contributed by atoms with Crippen LogP contribution in [0.25, 0.3) is 0 Å². The second-order valence-corrected chi connectivity index (χ2v) is 6.38. The van der Waals surface area contributed by atoms with Crippen LogP contribution < -0.4 is 14.8 Å². The van der Waals surface area contributed by atoms with Gasteiger partial charge in [0.1, 0.15) is 0 Å². The first kappa shape index (κ1) is 15.3. The van der Waals surface area contributed by atoms with Gasteiger partial charge in [-0.25, -0.2) is 0 Å². The predicted octanol–water partition coefficient (Wildman–Crippen LogP) is 0.452. The number of piperidine rings is 1. The number of fused-ring (bicyclic) bond motifs is 1. The number of carbonyl (C=O) groups is 2. The zero-order chi connectivity index (χ0) is 16.5. The molecule has 0 aromatic heterocycles. The third-order valence-electron chi connectivity index (χ3n) is 4.87.